The van der Waals surface area contributed by atoms with Gasteiger partial charge in [-0.3, -0.25) is 0 Å². The first-order chi connectivity index (χ1) is 6.16. The SMILES string of the molecule is CC12C(C)([C@]3(C)O[C@]13C)[C@@]1(C)O[C@@]21C. The molecule has 2 aliphatic carbocycles. The third-order valence-electron chi connectivity index (χ3n) is 7.37. The molecule has 2 saturated carbocycles. The second kappa shape index (κ2) is 1.28. The summed E-state index contributed by atoms with van der Waals surface area (Å²) in [4.78, 5) is 0. The van der Waals surface area contributed by atoms with Gasteiger partial charge in [0, 0.05) is 10.8 Å². The summed E-state index contributed by atoms with van der Waals surface area (Å²) in [6, 6.07) is 0. The van der Waals surface area contributed by atoms with Crippen molar-refractivity contribution in [3.63, 3.8) is 0 Å². The summed E-state index contributed by atoms with van der Waals surface area (Å²) in [6.07, 6.45) is 0. The van der Waals surface area contributed by atoms with Crippen LogP contribution in [0.2, 0.25) is 0 Å². The number of hydrogen-bond donors (Lipinski definition) is 0. The Morgan fingerprint density at radius 1 is 0.500 bits per heavy atom. The molecular formula is C12H18O2. The Morgan fingerprint density at radius 3 is 0.929 bits per heavy atom. The normalized spacial score (nSPS) is 87.0. The predicted molar refractivity (Wildman–Crippen MR) is 52.0 cm³/mol. The fourth-order valence-corrected chi connectivity index (χ4v) is 5.78. The van der Waals surface area contributed by atoms with E-state index >= 15 is 0 Å². The fourth-order valence-electron chi connectivity index (χ4n) is 5.78. The molecule has 78 valence electrons. The summed E-state index contributed by atoms with van der Waals surface area (Å²) in [6.45, 7) is 13.7. The second-order valence-electron chi connectivity index (χ2n) is 6.59. The molecule has 0 aromatic carbocycles. The molecule has 2 nitrogen and oxygen atoms in total. The van der Waals surface area contributed by atoms with Crippen LogP contribution in [0.4, 0.5) is 0 Å². The molecule has 6 atom stereocenters. The van der Waals surface area contributed by atoms with Crippen LogP contribution >= 0.6 is 0 Å². The van der Waals surface area contributed by atoms with Crippen molar-refractivity contribution in [3.05, 3.63) is 0 Å². The van der Waals surface area contributed by atoms with E-state index in [0.717, 1.165) is 0 Å². The molecule has 2 heterocycles. The van der Waals surface area contributed by atoms with E-state index in [0.29, 0.717) is 0 Å². The first-order valence-electron chi connectivity index (χ1n) is 5.57. The molecule has 0 spiro atoms. The van der Waals surface area contributed by atoms with Gasteiger partial charge >= 0.3 is 0 Å². The van der Waals surface area contributed by atoms with E-state index in [9.17, 15) is 0 Å². The summed E-state index contributed by atoms with van der Waals surface area (Å²) in [5.74, 6) is 0. The molecule has 0 N–H and O–H groups in total. The van der Waals surface area contributed by atoms with E-state index in [1.54, 1.807) is 0 Å². The van der Waals surface area contributed by atoms with Gasteiger partial charge in [-0.25, -0.2) is 0 Å². The second-order valence-corrected chi connectivity index (χ2v) is 6.59. The molecule has 0 bridgehead atoms. The molecule has 0 radical (unpaired) electrons. The number of hydrogen-bond acceptors (Lipinski definition) is 2. The predicted octanol–water partition coefficient (Wildman–Crippen LogP) is 2.12. The molecule has 2 aliphatic heterocycles. The van der Waals surface area contributed by atoms with E-state index in [-0.39, 0.29) is 33.2 Å². The maximum Gasteiger partial charge on any atom is 0.105 e. The fraction of sp³-hybridized carbons (Fsp3) is 1.00. The number of fused-ring (bicyclic) bond motifs is 7. The topological polar surface area (TPSA) is 25.1 Å². The Kier molecular flexibility index (Phi) is 0.740. The van der Waals surface area contributed by atoms with Gasteiger partial charge in [-0.15, -0.1) is 0 Å². The van der Waals surface area contributed by atoms with Gasteiger partial charge in [0.1, 0.15) is 22.4 Å². The highest BCUT2D eigenvalue weighted by Crippen LogP contribution is 3.01. The Hall–Kier alpha value is -0.0800. The molecule has 0 aromatic rings. The highest BCUT2D eigenvalue weighted by molar-refractivity contribution is 5.60. The lowest BCUT2D eigenvalue weighted by molar-refractivity contribution is -0.207. The minimum Gasteiger partial charge on any atom is -0.362 e. The summed E-state index contributed by atoms with van der Waals surface area (Å²) in [7, 11) is 0. The first kappa shape index (κ1) is 8.12. The smallest absolute Gasteiger partial charge is 0.105 e. The van der Waals surface area contributed by atoms with Gasteiger partial charge in [-0.2, -0.15) is 0 Å². The maximum atomic E-state index is 6.05. The van der Waals surface area contributed by atoms with Crippen LogP contribution in [0.15, 0.2) is 0 Å². The van der Waals surface area contributed by atoms with Crippen LogP contribution < -0.4 is 0 Å². The molecule has 4 fully saturated rings. The van der Waals surface area contributed by atoms with Crippen LogP contribution in [0.5, 0.6) is 0 Å². The van der Waals surface area contributed by atoms with E-state index in [4.69, 9.17) is 9.47 Å². The van der Waals surface area contributed by atoms with Gasteiger partial charge < -0.3 is 9.47 Å². The number of rotatable bonds is 0. The summed E-state index contributed by atoms with van der Waals surface area (Å²) in [5, 5.41) is 0. The van der Waals surface area contributed by atoms with Gasteiger partial charge in [0.2, 0.25) is 0 Å². The minimum absolute atomic E-state index is 0.0690. The van der Waals surface area contributed by atoms with E-state index in [1.807, 2.05) is 0 Å². The average molecular weight is 194 g/mol. The molecule has 4 rings (SSSR count). The third-order valence-corrected chi connectivity index (χ3v) is 7.37. The zero-order chi connectivity index (χ0) is 10.4. The lowest BCUT2D eigenvalue weighted by Crippen LogP contribution is -2.85. The zero-order valence-electron chi connectivity index (χ0n) is 9.82. The Labute approximate surface area is 85.0 Å². The summed E-state index contributed by atoms with van der Waals surface area (Å²) >= 11 is 0. The monoisotopic (exact) mass is 194 g/mol. The van der Waals surface area contributed by atoms with Crippen molar-refractivity contribution in [1.29, 1.82) is 0 Å². The minimum atomic E-state index is 0.0690. The number of epoxide rings is 2. The van der Waals surface area contributed by atoms with Crippen LogP contribution in [0.1, 0.15) is 41.5 Å². The van der Waals surface area contributed by atoms with Crippen molar-refractivity contribution in [3.8, 4) is 0 Å². The lowest BCUT2D eigenvalue weighted by Gasteiger charge is -2.71. The van der Waals surface area contributed by atoms with Gasteiger partial charge in [-0.05, 0) is 27.7 Å². The zero-order valence-corrected chi connectivity index (χ0v) is 9.82. The highest BCUT2D eigenvalue weighted by atomic mass is 16.7. The molecule has 2 heteroatoms. The van der Waals surface area contributed by atoms with Crippen molar-refractivity contribution < 1.29 is 9.47 Å². The van der Waals surface area contributed by atoms with E-state index < -0.39 is 0 Å². The van der Waals surface area contributed by atoms with Crippen molar-refractivity contribution in [2.75, 3.05) is 0 Å². The van der Waals surface area contributed by atoms with Crippen LogP contribution in [0.3, 0.4) is 0 Å². The Bertz CT molecular complexity index is 337. The largest absolute Gasteiger partial charge is 0.362 e. The van der Waals surface area contributed by atoms with Crippen molar-refractivity contribution >= 4 is 0 Å². The van der Waals surface area contributed by atoms with Gasteiger partial charge in [0.25, 0.3) is 0 Å². The maximum absolute atomic E-state index is 6.05. The average Bonchev–Trinajstić information content (AvgIpc) is 2.84. The molecular weight excluding hydrogens is 176 g/mol. The molecule has 2 unspecified atom stereocenters. The Morgan fingerprint density at radius 2 is 0.714 bits per heavy atom. The van der Waals surface area contributed by atoms with Crippen LogP contribution in [-0.4, -0.2) is 22.4 Å². The first-order valence-corrected chi connectivity index (χ1v) is 5.57. The van der Waals surface area contributed by atoms with Crippen molar-refractivity contribution in [2.24, 2.45) is 10.8 Å². The summed E-state index contributed by atoms with van der Waals surface area (Å²) in [5.41, 5.74) is 0.713. The lowest BCUT2D eigenvalue weighted by atomic mass is 9.24. The number of ether oxygens (including phenoxy) is 2. The van der Waals surface area contributed by atoms with E-state index in [1.165, 1.54) is 0 Å². The van der Waals surface area contributed by atoms with Gasteiger partial charge in [0.15, 0.2) is 0 Å². The van der Waals surface area contributed by atoms with Crippen molar-refractivity contribution in [1.82, 2.24) is 0 Å². The van der Waals surface area contributed by atoms with Crippen LogP contribution in [-0.2, 0) is 9.47 Å². The van der Waals surface area contributed by atoms with Gasteiger partial charge in [-0.1, -0.05) is 13.8 Å². The van der Waals surface area contributed by atoms with Crippen LogP contribution in [0, 0.1) is 10.8 Å². The molecule has 4 aliphatic rings. The standard InChI is InChI=1S/C12H18O2/c1-7-8(2,11(5)9(7,3)13-11)12(6)10(7,4)14-12/h1-6H3/t7?,8?,9-,10+,11+,12-. The van der Waals surface area contributed by atoms with Crippen molar-refractivity contribution in [2.45, 2.75) is 63.9 Å². The third kappa shape index (κ3) is 0.283. The van der Waals surface area contributed by atoms with Gasteiger partial charge in [0.05, 0.1) is 0 Å². The van der Waals surface area contributed by atoms with E-state index in [2.05, 4.69) is 41.5 Å². The highest BCUT2D eigenvalue weighted by Gasteiger charge is 3.13. The molecule has 2 saturated heterocycles. The summed E-state index contributed by atoms with van der Waals surface area (Å²) < 4.78 is 12.1. The van der Waals surface area contributed by atoms with Crippen LogP contribution in [0.25, 0.3) is 0 Å². The molecule has 0 aromatic heterocycles. The quantitative estimate of drug-likeness (QED) is 0.552. The molecule has 0 amide bonds. The Balaban J connectivity index is 1.99. The molecule has 14 heavy (non-hydrogen) atoms.